The van der Waals surface area contributed by atoms with Gasteiger partial charge in [0, 0.05) is 12.5 Å². The van der Waals surface area contributed by atoms with E-state index in [1.54, 1.807) is 18.2 Å². The Morgan fingerprint density at radius 2 is 1.71 bits per heavy atom. The van der Waals surface area contributed by atoms with Crippen LogP contribution >= 0.6 is 15.9 Å². The third-order valence-electron chi connectivity index (χ3n) is 5.33. The lowest BCUT2D eigenvalue weighted by molar-refractivity contribution is 0.144. The van der Waals surface area contributed by atoms with Gasteiger partial charge in [-0.3, -0.25) is 0 Å². The molecule has 0 bridgehead atoms. The maximum absolute atomic E-state index is 12.2. The van der Waals surface area contributed by atoms with Crippen LogP contribution in [0.15, 0.2) is 71.2 Å². The van der Waals surface area contributed by atoms with Gasteiger partial charge in [0.25, 0.3) is 0 Å². The van der Waals surface area contributed by atoms with E-state index in [0.29, 0.717) is 16.8 Å². The normalized spacial score (nSPS) is 12.5. The number of benzene rings is 3. The summed E-state index contributed by atoms with van der Waals surface area (Å²) in [5.41, 5.74) is 5.53. The molecule has 0 aromatic heterocycles. The van der Waals surface area contributed by atoms with Crippen molar-refractivity contribution in [3.05, 3.63) is 87.9 Å². The molecular formula is C25H22BrNO4. The maximum Gasteiger partial charge on any atom is 0.407 e. The lowest BCUT2D eigenvalue weighted by Gasteiger charge is -2.14. The largest absolute Gasteiger partial charge is 0.503 e. The van der Waals surface area contributed by atoms with E-state index in [9.17, 15) is 9.90 Å². The Hall–Kier alpha value is -3.25. The number of hydrogen-bond acceptors (Lipinski definition) is 4. The predicted molar refractivity (Wildman–Crippen MR) is 124 cm³/mol. The van der Waals surface area contributed by atoms with E-state index in [-0.39, 0.29) is 18.3 Å². The van der Waals surface area contributed by atoms with Gasteiger partial charge in [0.15, 0.2) is 11.5 Å². The maximum atomic E-state index is 12.2. The Morgan fingerprint density at radius 3 is 2.35 bits per heavy atom. The summed E-state index contributed by atoms with van der Waals surface area (Å²) in [5, 5.41) is 12.8. The molecule has 0 spiro atoms. The molecule has 0 saturated carbocycles. The summed E-state index contributed by atoms with van der Waals surface area (Å²) >= 11 is 3.35. The third-order valence-corrected chi connectivity index (χ3v) is 6.17. The highest BCUT2D eigenvalue weighted by Gasteiger charge is 2.28. The first-order chi connectivity index (χ1) is 15.1. The molecule has 0 aliphatic heterocycles. The molecule has 0 saturated heterocycles. The van der Waals surface area contributed by atoms with Gasteiger partial charge < -0.3 is 19.9 Å². The van der Waals surface area contributed by atoms with Gasteiger partial charge in [0.05, 0.1) is 11.6 Å². The summed E-state index contributed by atoms with van der Waals surface area (Å²) in [6.45, 7) is 0.581. The smallest absolute Gasteiger partial charge is 0.407 e. The van der Waals surface area contributed by atoms with Gasteiger partial charge in [-0.15, -0.1) is 0 Å². The zero-order valence-corrected chi connectivity index (χ0v) is 18.6. The monoisotopic (exact) mass is 479 g/mol. The van der Waals surface area contributed by atoms with Crippen molar-refractivity contribution in [2.75, 3.05) is 20.3 Å². The highest BCUT2D eigenvalue weighted by molar-refractivity contribution is 9.10. The van der Waals surface area contributed by atoms with Crippen molar-refractivity contribution in [1.82, 2.24) is 5.32 Å². The molecule has 6 heteroatoms. The van der Waals surface area contributed by atoms with Gasteiger partial charge in [-0.1, -0.05) is 60.7 Å². The van der Waals surface area contributed by atoms with Crippen molar-refractivity contribution >= 4 is 28.1 Å². The molecule has 1 aliphatic rings. The van der Waals surface area contributed by atoms with Crippen LogP contribution in [0.5, 0.6) is 11.5 Å². The quantitative estimate of drug-likeness (QED) is 0.474. The van der Waals surface area contributed by atoms with Crippen molar-refractivity contribution < 1.29 is 19.4 Å². The van der Waals surface area contributed by atoms with E-state index in [4.69, 9.17) is 9.47 Å². The molecule has 1 amide bonds. The van der Waals surface area contributed by atoms with Crippen molar-refractivity contribution in [3.8, 4) is 22.6 Å². The molecule has 0 fully saturated rings. The number of hydrogen-bond donors (Lipinski definition) is 2. The summed E-state index contributed by atoms with van der Waals surface area (Å²) in [6, 6.07) is 20.0. The molecule has 2 N–H and O–H groups in total. The van der Waals surface area contributed by atoms with E-state index in [1.807, 2.05) is 30.3 Å². The fraction of sp³-hybridized carbons (Fsp3) is 0.160. The van der Waals surface area contributed by atoms with Crippen LogP contribution in [0.4, 0.5) is 4.79 Å². The van der Waals surface area contributed by atoms with Crippen LogP contribution in [0.2, 0.25) is 0 Å². The van der Waals surface area contributed by atoms with Gasteiger partial charge in [0.2, 0.25) is 0 Å². The van der Waals surface area contributed by atoms with Crippen molar-refractivity contribution in [2.45, 2.75) is 5.92 Å². The summed E-state index contributed by atoms with van der Waals surface area (Å²) in [6.07, 6.45) is 3.11. The second-order valence-electron chi connectivity index (χ2n) is 7.13. The number of fused-ring (bicyclic) bond motifs is 3. The molecule has 3 aromatic rings. The number of nitrogens with one attached hydrogen (secondary N) is 1. The van der Waals surface area contributed by atoms with Crippen LogP contribution in [-0.2, 0) is 4.74 Å². The number of amides is 1. The SMILES string of the molecule is COc1ccc(C=CCNC(=O)OCC2c3ccccc3-c3ccccc32)c(Br)c1O. The Kier molecular flexibility index (Phi) is 6.28. The number of phenolic OH excluding ortho intramolecular Hbond substituents is 1. The van der Waals surface area contributed by atoms with E-state index in [1.165, 1.54) is 29.4 Å². The second kappa shape index (κ2) is 9.27. The predicted octanol–water partition coefficient (Wildman–Crippen LogP) is 5.72. The number of aromatic hydroxyl groups is 1. The zero-order valence-electron chi connectivity index (χ0n) is 17.0. The minimum Gasteiger partial charge on any atom is -0.503 e. The number of alkyl carbamates (subject to hydrolysis) is 1. The van der Waals surface area contributed by atoms with Crippen molar-refractivity contribution in [3.63, 3.8) is 0 Å². The molecule has 31 heavy (non-hydrogen) atoms. The second-order valence-corrected chi connectivity index (χ2v) is 7.92. The zero-order chi connectivity index (χ0) is 21.8. The Balaban J connectivity index is 1.34. The molecule has 0 heterocycles. The molecule has 4 rings (SSSR count). The van der Waals surface area contributed by atoms with Gasteiger partial charge in [0.1, 0.15) is 6.61 Å². The topological polar surface area (TPSA) is 67.8 Å². The van der Waals surface area contributed by atoms with E-state index in [0.717, 1.165) is 5.56 Å². The Morgan fingerprint density at radius 1 is 1.06 bits per heavy atom. The number of ether oxygens (including phenoxy) is 2. The number of rotatable bonds is 6. The van der Waals surface area contributed by atoms with Crippen molar-refractivity contribution in [2.24, 2.45) is 0 Å². The lowest BCUT2D eigenvalue weighted by Crippen LogP contribution is -2.26. The van der Waals surface area contributed by atoms with Crippen molar-refractivity contribution in [1.29, 1.82) is 0 Å². The number of phenols is 1. The molecule has 158 valence electrons. The van der Waals surface area contributed by atoms with Crippen LogP contribution in [0.3, 0.4) is 0 Å². The van der Waals surface area contributed by atoms with E-state index in [2.05, 4.69) is 45.5 Å². The van der Waals surface area contributed by atoms with E-state index < -0.39 is 6.09 Å². The van der Waals surface area contributed by atoms with Gasteiger partial charge >= 0.3 is 6.09 Å². The number of methoxy groups -OCH3 is 1. The summed E-state index contributed by atoms with van der Waals surface area (Å²) in [5.74, 6) is 0.460. The Bertz CT molecular complexity index is 1100. The minimum atomic E-state index is -0.469. The van der Waals surface area contributed by atoms with Gasteiger partial charge in [-0.05, 0) is 55.9 Å². The average molecular weight is 480 g/mol. The molecule has 0 unspecified atom stereocenters. The first kappa shape index (κ1) is 21.0. The van der Waals surface area contributed by atoms with Crippen LogP contribution in [-0.4, -0.2) is 31.5 Å². The van der Waals surface area contributed by atoms with Crippen LogP contribution in [0.1, 0.15) is 22.6 Å². The first-order valence-corrected chi connectivity index (χ1v) is 10.7. The fourth-order valence-corrected chi connectivity index (χ4v) is 4.29. The molecular weight excluding hydrogens is 458 g/mol. The molecule has 0 radical (unpaired) electrons. The standard InChI is InChI=1S/C25H22BrNO4/c1-30-22-13-12-16(23(26)24(22)28)7-6-14-27-25(29)31-15-21-19-10-4-2-8-17(19)18-9-3-5-11-20(18)21/h2-13,21,28H,14-15H2,1H3,(H,27,29). The summed E-state index contributed by atoms with van der Waals surface area (Å²) in [4.78, 5) is 12.2. The van der Waals surface area contributed by atoms with Gasteiger partial charge in [-0.2, -0.15) is 0 Å². The lowest BCUT2D eigenvalue weighted by atomic mass is 9.98. The third kappa shape index (κ3) is 4.30. The number of carbonyl (C=O) groups is 1. The first-order valence-electron chi connectivity index (χ1n) is 9.91. The molecule has 5 nitrogen and oxygen atoms in total. The number of carbonyl (C=O) groups excluding carboxylic acids is 1. The minimum absolute atomic E-state index is 0.0342. The van der Waals surface area contributed by atoms with Crippen LogP contribution < -0.4 is 10.1 Å². The summed E-state index contributed by atoms with van der Waals surface area (Å²) < 4.78 is 11.1. The van der Waals surface area contributed by atoms with E-state index >= 15 is 0 Å². The van der Waals surface area contributed by atoms with Crippen LogP contribution in [0.25, 0.3) is 17.2 Å². The molecule has 1 aliphatic carbocycles. The average Bonchev–Trinajstić information content (AvgIpc) is 3.12. The fourth-order valence-electron chi connectivity index (χ4n) is 3.83. The Labute approximate surface area is 189 Å². The molecule has 3 aromatic carbocycles. The van der Waals surface area contributed by atoms with Gasteiger partial charge in [-0.25, -0.2) is 4.79 Å². The molecule has 0 atom stereocenters. The highest BCUT2D eigenvalue weighted by Crippen LogP contribution is 2.44. The summed E-state index contributed by atoms with van der Waals surface area (Å²) in [7, 11) is 1.50. The highest BCUT2D eigenvalue weighted by atomic mass is 79.9. The number of halogens is 1. The van der Waals surface area contributed by atoms with Crippen LogP contribution in [0, 0.1) is 0 Å².